The highest BCUT2D eigenvalue weighted by Gasteiger charge is 2.29. The summed E-state index contributed by atoms with van der Waals surface area (Å²) in [5.41, 5.74) is 10.4. The Hall–Kier alpha value is -18.9. The van der Waals surface area contributed by atoms with Gasteiger partial charge >= 0.3 is 28.8 Å². The molecule has 0 bridgehead atoms. The SMILES string of the molecule is C.C.C.C.CC(C)(C)c1cc(C(=O)Nc2cccc(Oc3ccnc4[nH]c(=O)[nH]c34)c2)n(-c2ccccc2)n1.CC(C)(C)c1cc(NC(=O)Nc2cccc(Oc3ccnc4[nH]c(=O)[nH]c34)c2)n(-c2ccc(F)cc2)n1.CC(C)(C)c1cc(NC(=O)c2cccc(Oc3ccnc4[nH]c(=O)[nH]c34)c2)n(-c2ccccc2)n1.CC(C)c1cc(C(=O)Nc2cccc(Oc3ccnc4[nH]c(=O)[nH]c34)c2)n(-c2ccccc2)n1. The Morgan fingerprint density at radius 1 is 0.317 bits per heavy atom. The third-order valence-corrected chi connectivity index (χ3v) is 21.6. The van der Waals surface area contributed by atoms with Gasteiger partial charge in [0.1, 0.15) is 73.9 Å². The minimum Gasteiger partial charge on any atom is -0.455 e. The number of nitrogens with one attached hydrogen (secondary N) is 13. The molecule has 0 aliphatic carbocycles. The normalized spacial score (nSPS) is 11.1. The fraction of sp³-hybridized carbons (Fsp3) is 0.178. The third-order valence-electron chi connectivity index (χ3n) is 21.6. The number of H-pyrrole nitrogens is 8. The maximum atomic E-state index is 13.5. The summed E-state index contributed by atoms with van der Waals surface area (Å²) in [6.07, 6.45) is 6.15. The molecule has 12 aromatic heterocycles. The van der Waals surface area contributed by atoms with Crippen LogP contribution in [0.1, 0.15) is 166 Å². The van der Waals surface area contributed by atoms with Gasteiger partial charge in [0, 0.05) is 118 Å². The minimum absolute atomic E-state index is 0. The van der Waals surface area contributed by atoms with Crippen molar-refractivity contribution in [2.75, 3.05) is 26.6 Å². The van der Waals surface area contributed by atoms with Crippen molar-refractivity contribution in [1.82, 2.24) is 98.9 Å². The van der Waals surface area contributed by atoms with Gasteiger partial charge in [0.05, 0.1) is 45.5 Å². The Bertz CT molecular complexity index is 8250. The molecule has 20 rings (SSSR count). The van der Waals surface area contributed by atoms with Crippen LogP contribution in [0.2, 0.25) is 0 Å². The van der Waals surface area contributed by atoms with Crippen molar-refractivity contribution in [3.8, 4) is 68.7 Å². The number of amides is 5. The summed E-state index contributed by atoms with van der Waals surface area (Å²) < 4.78 is 43.9. The topological polar surface area (TPSA) is 483 Å². The van der Waals surface area contributed by atoms with Gasteiger partial charge in [0.15, 0.2) is 45.6 Å². The zero-order valence-corrected chi connectivity index (χ0v) is 77.9. The molecule has 0 saturated heterocycles. The van der Waals surface area contributed by atoms with Crippen LogP contribution in [0, 0.1) is 5.82 Å². The fourth-order valence-corrected chi connectivity index (χ4v) is 14.5. The summed E-state index contributed by atoms with van der Waals surface area (Å²) in [5, 5.41) is 33.2. The van der Waals surface area contributed by atoms with E-state index in [1.807, 2.05) is 144 Å². The van der Waals surface area contributed by atoms with Gasteiger partial charge in [-0.1, -0.05) is 185 Å². The number of aromatic amines is 8. The number of urea groups is 1. The van der Waals surface area contributed by atoms with E-state index in [1.165, 1.54) is 24.5 Å². The maximum absolute atomic E-state index is 13.5. The minimum atomic E-state index is -0.498. The van der Waals surface area contributed by atoms with Gasteiger partial charge < -0.3 is 60.2 Å². The van der Waals surface area contributed by atoms with E-state index < -0.39 is 6.03 Å². The van der Waals surface area contributed by atoms with Crippen molar-refractivity contribution < 1.29 is 42.5 Å². The maximum Gasteiger partial charge on any atom is 0.325 e. The molecular weight excluding hydrogens is 1850 g/mol. The van der Waals surface area contributed by atoms with Crippen LogP contribution >= 0.6 is 0 Å². The molecule has 742 valence electrons. The monoisotopic (exact) mass is 1960 g/mol. The predicted molar refractivity (Wildman–Crippen MR) is 561 cm³/mol. The number of ether oxygens (including phenoxy) is 4. The lowest BCUT2D eigenvalue weighted by molar-refractivity contribution is 0.101. The van der Waals surface area contributed by atoms with Gasteiger partial charge in [-0.05, 0) is 133 Å². The van der Waals surface area contributed by atoms with Crippen LogP contribution in [-0.4, -0.2) is 123 Å². The molecule has 12 heterocycles. The molecule has 0 radical (unpaired) electrons. The largest absolute Gasteiger partial charge is 0.455 e. The van der Waals surface area contributed by atoms with E-state index in [9.17, 15) is 42.7 Å². The number of hydrogen-bond donors (Lipinski definition) is 13. The first-order chi connectivity index (χ1) is 67.7. The van der Waals surface area contributed by atoms with E-state index >= 15 is 0 Å². The molecule has 0 aliphatic rings. The highest BCUT2D eigenvalue weighted by Crippen LogP contribution is 2.37. The standard InChI is InChI=1S/C26H24FN7O3.2C26H24N6O3.C25H22N6O3.4CH4/c1-26(2,3)20-14-21(34(33-20)17-9-7-15(27)8-10-17)30-24(35)29-16-5-4-6-18(13-16)37-19-11-12-28-23-22(19)31-25(36)32-23;1-26(2,3)21-15-19(32(31-21)17-9-5-4-6-10-17)24(33)28-16-8-7-11-18(14-16)35-20-12-13-27-23-22(20)29-25(34)30-23;1-26(2,3)20-15-21(32(31-20)17-9-5-4-6-10-17)28-24(33)16-8-7-11-18(14-16)35-19-12-13-27-23-22(19)29-25(34)30-23;1-15(2)19-14-20(31(30-19)17-8-4-3-5-9-17)24(32)27-16-7-6-10-18(13-16)34-21-11-12-26-23-22(21)28-25(33)29-23;;;;/h4-14H,1-3H3,(H2,29,30,35)(H2,28,31,32,36);2*4-15H,1-3H3,(H,28,33)(H2,27,29,30,34);3-15H,1-2H3,(H,27,32)(H2,26,28,29,33);4*1H4. The Morgan fingerprint density at radius 2 is 0.634 bits per heavy atom. The number of para-hydroxylation sites is 3. The van der Waals surface area contributed by atoms with Crippen molar-refractivity contribution in [3.05, 3.63) is 373 Å². The molecule has 0 spiro atoms. The Labute approximate surface area is 830 Å². The van der Waals surface area contributed by atoms with Crippen LogP contribution in [-0.2, 0) is 16.2 Å². The number of imidazole rings is 4. The smallest absolute Gasteiger partial charge is 0.325 e. The number of carbonyl (C=O) groups excluding carboxylic acids is 4. The highest BCUT2D eigenvalue weighted by molar-refractivity contribution is 6.06. The second-order valence-corrected chi connectivity index (χ2v) is 35.6. The first-order valence-corrected chi connectivity index (χ1v) is 44.4. The van der Waals surface area contributed by atoms with Crippen molar-refractivity contribution in [3.63, 3.8) is 0 Å². The molecule has 5 amide bonds. The number of carbonyl (C=O) groups is 4. The van der Waals surface area contributed by atoms with E-state index in [4.69, 9.17) is 29.1 Å². The molecule has 8 aromatic carbocycles. The van der Waals surface area contributed by atoms with Crippen LogP contribution in [0.4, 0.5) is 37.9 Å². The zero-order chi connectivity index (χ0) is 99.0. The summed E-state index contributed by atoms with van der Waals surface area (Å²) in [5.74, 6) is 3.49. The lowest BCUT2D eigenvalue weighted by Crippen LogP contribution is -2.21. The first kappa shape index (κ1) is 103. The second kappa shape index (κ2) is 44.1. The van der Waals surface area contributed by atoms with Crippen LogP contribution in [0.5, 0.6) is 46.0 Å². The molecular formula is C107H110FN25O12. The number of pyridine rings is 4. The number of aromatic nitrogens is 20. The second-order valence-electron chi connectivity index (χ2n) is 35.6. The van der Waals surface area contributed by atoms with Crippen LogP contribution in [0.3, 0.4) is 0 Å². The number of rotatable bonds is 21. The molecule has 0 fully saturated rings. The number of benzene rings is 8. The van der Waals surface area contributed by atoms with Crippen molar-refractivity contribution in [1.29, 1.82) is 0 Å². The number of fused-ring (bicyclic) bond motifs is 4. The van der Waals surface area contributed by atoms with Gasteiger partial charge in [0.25, 0.3) is 17.7 Å². The van der Waals surface area contributed by atoms with Crippen LogP contribution < -0.4 is 68.3 Å². The number of nitrogens with zero attached hydrogens (tertiary/aromatic N) is 12. The van der Waals surface area contributed by atoms with E-state index in [1.54, 1.807) is 171 Å². The molecule has 0 saturated carbocycles. The van der Waals surface area contributed by atoms with Crippen LogP contribution in [0.25, 0.3) is 67.4 Å². The molecule has 145 heavy (non-hydrogen) atoms. The molecule has 38 heteroatoms. The Kier molecular flexibility index (Phi) is 31.4. The van der Waals surface area contributed by atoms with Gasteiger partial charge in [-0.2, -0.15) is 20.4 Å². The summed E-state index contributed by atoms with van der Waals surface area (Å²) >= 11 is 0. The molecule has 13 N–H and O–H groups in total. The number of halogens is 1. The van der Waals surface area contributed by atoms with E-state index in [0.717, 1.165) is 39.8 Å². The summed E-state index contributed by atoms with van der Waals surface area (Å²) in [6.45, 7) is 22.5. The third kappa shape index (κ3) is 24.7. The number of anilines is 5. The lowest BCUT2D eigenvalue weighted by atomic mass is 9.92. The van der Waals surface area contributed by atoms with Gasteiger partial charge in [-0.3, -0.25) is 39.6 Å². The lowest BCUT2D eigenvalue weighted by Gasteiger charge is -2.14. The highest BCUT2D eigenvalue weighted by atomic mass is 19.1. The van der Waals surface area contributed by atoms with E-state index in [0.29, 0.717) is 142 Å². The fourth-order valence-electron chi connectivity index (χ4n) is 14.5. The molecule has 0 atom stereocenters. The summed E-state index contributed by atoms with van der Waals surface area (Å²) in [4.78, 5) is 137. The average molecular weight is 1960 g/mol. The van der Waals surface area contributed by atoms with Gasteiger partial charge in [-0.15, -0.1) is 0 Å². The Balaban J connectivity index is 0.000000160. The molecule has 20 aromatic rings. The van der Waals surface area contributed by atoms with Gasteiger partial charge in [0.2, 0.25) is 0 Å². The van der Waals surface area contributed by atoms with Crippen molar-refractivity contribution in [2.24, 2.45) is 0 Å². The van der Waals surface area contributed by atoms with Crippen LogP contribution in [0.15, 0.2) is 305 Å². The van der Waals surface area contributed by atoms with E-state index in [2.05, 4.69) is 138 Å². The van der Waals surface area contributed by atoms with Gasteiger partial charge in [-0.25, -0.2) is 67.0 Å². The van der Waals surface area contributed by atoms with E-state index in [-0.39, 0.29) is 98.2 Å². The number of hydrogen-bond acceptors (Lipinski definition) is 20. The average Bonchev–Trinajstić information content (AvgIpc) is 1.70. The molecule has 0 unspecified atom stereocenters. The van der Waals surface area contributed by atoms with Crippen molar-refractivity contribution in [2.45, 2.75) is 128 Å². The zero-order valence-electron chi connectivity index (χ0n) is 77.9. The summed E-state index contributed by atoms with van der Waals surface area (Å²) in [6, 6.07) is 75.7. The van der Waals surface area contributed by atoms with Crippen molar-refractivity contribution >= 4 is 97.1 Å². The molecule has 37 nitrogen and oxygen atoms in total. The first-order valence-electron chi connectivity index (χ1n) is 44.4. The Morgan fingerprint density at radius 3 is 1.01 bits per heavy atom. The summed E-state index contributed by atoms with van der Waals surface area (Å²) in [7, 11) is 0. The molecule has 0 aliphatic heterocycles. The predicted octanol–water partition coefficient (Wildman–Crippen LogP) is 22.0. The quantitative estimate of drug-likeness (QED) is 0.0318.